The van der Waals surface area contributed by atoms with Crippen LogP contribution in [-0.2, 0) is 25.5 Å². The fraction of sp³-hybridized carbons (Fsp3) is 0.704. The molecule has 8 heteroatoms. The van der Waals surface area contributed by atoms with E-state index in [-0.39, 0.29) is 29.5 Å². The number of fused-ring (bicyclic) bond motifs is 2. The lowest BCUT2D eigenvalue weighted by molar-refractivity contribution is -0.306. The molecule has 3 saturated heterocycles. The van der Waals surface area contributed by atoms with Crippen LogP contribution in [0, 0.1) is 0 Å². The smallest absolute Gasteiger partial charge is 0.306 e. The van der Waals surface area contributed by atoms with Crippen LogP contribution in [0.1, 0.15) is 76.2 Å². The molecule has 3 fully saturated rings. The lowest BCUT2D eigenvalue weighted by Gasteiger charge is -2.48. The number of amides is 1. The van der Waals surface area contributed by atoms with Gasteiger partial charge in [0.25, 0.3) is 5.24 Å². The summed E-state index contributed by atoms with van der Waals surface area (Å²) in [5, 5.41) is 0.0173. The predicted molar refractivity (Wildman–Crippen MR) is 135 cm³/mol. The quantitative estimate of drug-likeness (QED) is 0.476. The minimum Gasteiger partial charge on any atom is -0.497 e. The molecule has 7 nitrogen and oxygen atoms in total. The molecule has 0 radical (unpaired) electrons. The summed E-state index contributed by atoms with van der Waals surface area (Å²) in [5.74, 6) is 0.223. The molecular weight excluding hydrogens is 466 g/mol. The van der Waals surface area contributed by atoms with Crippen LogP contribution in [0.5, 0.6) is 5.75 Å². The summed E-state index contributed by atoms with van der Waals surface area (Å²) < 4.78 is 24.0. The van der Waals surface area contributed by atoms with Gasteiger partial charge in [-0.15, -0.1) is 0 Å². The second-order valence-corrected chi connectivity index (χ2v) is 10.9. The molecule has 1 aromatic rings. The maximum absolute atomic E-state index is 13.0. The Balaban J connectivity index is 1.54. The lowest BCUT2D eigenvalue weighted by Crippen LogP contribution is -2.60. The van der Waals surface area contributed by atoms with Crippen LogP contribution in [0.25, 0.3) is 0 Å². The third-order valence-corrected chi connectivity index (χ3v) is 8.41. The molecule has 1 unspecified atom stereocenters. The summed E-state index contributed by atoms with van der Waals surface area (Å²) in [4.78, 5) is 27.4. The maximum Gasteiger partial charge on any atom is 0.306 e. The second-order valence-electron chi connectivity index (χ2n) is 9.89. The summed E-state index contributed by atoms with van der Waals surface area (Å²) in [6.45, 7) is 0.462. The van der Waals surface area contributed by atoms with Crippen molar-refractivity contribution in [2.24, 2.45) is 0 Å². The van der Waals surface area contributed by atoms with Crippen LogP contribution in [0.4, 0.5) is 4.79 Å². The number of rotatable bonds is 5. The van der Waals surface area contributed by atoms with Gasteiger partial charge in [0.05, 0.1) is 19.3 Å². The molecule has 0 aromatic heterocycles. The monoisotopic (exact) mass is 505 g/mol. The minimum absolute atomic E-state index is 0.0173. The van der Waals surface area contributed by atoms with Crippen molar-refractivity contribution in [2.45, 2.75) is 101 Å². The third kappa shape index (κ3) is 6.71. The van der Waals surface area contributed by atoms with Crippen molar-refractivity contribution in [2.75, 3.05) is 20.0 Å². The number of esters is 1. The van der Waals surface area contributed by atoms with Gasteiger partial charge >= 0.3 is 5.97 Å². The van der Waals surface area contributed by atoms with Gasteiger partial charge in [0.2, 0.25) is 0 Å². The van der Waals surface area contributed by atoms with Crippen molar-refractivity contribution in [3.05, 3.63) is 29.8 Å². The summed E-state index contributed by atoms with van der Waals surface area (Å²) in [5.41, 5.74) is 1.02. The third-order valence-electron chi connectivity index (χ3n) is 7.45. The summed E-state index contributed by atoms with van der Waals surface area (Å²) in [6, 6.07) is 7.49. The highest BCUT2D eigenvalue weighted by molar-refractivity contribution is 8.13. The average Bonchev–Trinajstić information content (AvgIpc) is 3.23. The molecule has 0 N–H and O–H groups in total. The van der Waals surface area contributed by atoms with E-state index in [1.54, 1.807) is 14.2 Å². The summed E-state index contributed by atoms with van der Waals surface area (Å²) >= 11 is 1.30. The van der Waals surface area contributed by atoms with E-state index >= 15 is 0 Å². The number of hydrogen-bond acceptors (Lipinski definition) is 7. The number of thioether (sulfide) groups is 1. The van der Waals surface area contributed by atoms with Crippen LogP contribution >= 0.6 is 11.8 Å². The molecule has 3 heterocycles. The molecule has 0 saturated carbocycles. The zero-order chi connectivity index (χ0) is 24.7. The first-order valence-electron chi connectivity index (χ1n) is 13.0. The molecule has 3 aliphatic rings. The van der Waals surface area contributed by atoms with E-state index in [1.165, 1.54) is 37.4 Å². The van der Waals surface area contributed by atoms with E-state index in [4.69, 9.17) is 18.9 Å². The molecular formula is C27H39NO6S. The van der Waals surface area contributed by atoms with E-state index in [2.05, 4.69) is 0 Å². The fourth-order valence-electron chi connectivity index (χ4n) is 5.51. The van der Waals surface area contributed by atoms with Gasteiger partial charge in [-0.05, 0) is 30.5 Å². The van der Waals surface area contributed by atoms with E-state index < -0.39 is 5.79 Å². The van der Waals surface area contributed by atoms with Gasteiger partial charge < -0.3 is 23.8 Å². The maximum atomic E-state index is 13.0. The van der Waals surface area contributed by atoms with Gasteiger partial charge in [0.15, 0.2) is 5.79 Å². The molecule has 0 aliphatic carbocycles. The zero-order valence-corrected chi connectivity index (χ0v) is 21.9. The average molecular weight is 506 g/mol. The van der Waals surface area contributed by atoms with Gasteiger partial charge in [-0.2, -0.15) is 0 Å². The fourth-order valence-corrected chi connectivity index (χ4v) is 6.60. The van der Waals surface area contributed by atoms with E-state index in [0.717, 1.165) is 37.0 Å². The van der Waals surface area contributed by atoms with E-state index in [9.17, 15) is 9.59 Å². The Kier molecular flexibility index (Phi) is 9.36. The lowest BCUT2D eigenvalue weighted by atomic mass is 9.90. The van der Waals surface area contributed by atoms with Crippen molar-refractivity contribution in [1.29, 1.82) is 0 Å². The van der Waals surface area contributed by atoms with Gasteiger partial charge in [-0.25, -0.2) is 0 Å². The van der Waals surface area contributed by atoms with Crippen LogP contribution in [-0.4, -0.2) is 60.1 Å². The minimum atomic E-state index is -1.00. The Bertz CT molecular complexity index is 849. The van der Waals surface area contributed by atoms with Crippen LogP contribution in [0.15, 0.2) is 24.3 Å². The molecule has 4 rings (SSSR count). The molecule has 35 heavy (non-hydrogen) atoms. The molecule has 1 aromatic carbocycles. The normalized spacial score (nSPS) is 31.0. The Hall–Kier alpha value is -1.77. The highest BCUT2D eigenvalue weighted by Gasteiger charge is 2.54. The van der Waals surface area contributed by atoms with Crippen LogP contribution < -0.4 is 4.74 Å². The van der Waals surface area contributed by atoms with Crippen molar-refractivity contribution < 1.29 is 28.5 Å². The van der Waals surface area contributed by atoms with Gasteiger partial charge in [0.1, 0.15) is 11.9 Å². The van der Waals surface area contributed by atoms with E-state index in [1.807, 2.05) is 29.2 Å². The standard InChI is InChI=1S/C27H39NO6S/c1-31-21-14-12-20(13-15-21)18-28-24(19-35-26(28)30)27(32-2)17-23-16-22(34-27)10-8-6-4-3-5-7-9-11-25(29)33-23/h12-15,22-24H,3-11,16-19H2,1-2H3/t22?,23-,24+,27-/m1/s1. The number of carbonyl (C=O) groups is 2. The predicted octanol–water partition coefficient (Wildman–Crippen LogP) is 5.69. The van der Waals surface area contributed by atoms with Gasteiger partial charge in [-0.1, -0.05) is 62.4 Å². The number of nitrogens with zero attached hydrogens (tertiary/aromatic N) is 1. The Morgan fingerprint density at radius 3 is 2.43 bits per heavy atom. The molecule has 2 bridgehead atoms. The summed E-state index contributed by atoms with van der Waals surface area (Å²) in [7, 11) is 3.29. The Labute approximate surface area is 213 Å². The number of benzene rings is 1. The van der Waals surface area contributed by atoms with E-state index in [0.29, 0.717) is 31.6 Å². The Morgan fingerprint density at radius 1 is 1.00 bits per heavy atom. The number of methoxy groups -OCH3 is 2. The first-order valence-corrected chi connectivity index (χ1v) is 14.0. The zero-order valence-electron chi connectivity index (χ0n) is 21.0. The first kappa shape index (κ1) is 26.3. The van der Waals surface area contributed by atoms with Crippen LogP contribution in [0.3, 0.4) is 0 Å². The SMILES string of the molecule is COc1ccc(CN2C(=O)SC[C@H]2[C@@]2(OC)C[C@H]3CC(CCCCCCCCCC(=O)O3)O2)cc1. The Morgan fingerprint density at radius 2 is 1.71 bits per heavy atom. The van der Waals surface area contributed by atoms with Crippen LogP contribution in [0.2, 0.25) is 0 Å². The van der Waals surface area contributed by atoms with Crippen molar-refractivity contribution in [3.8, 4) is 5.75 Å². The highest BCUT2D eigenvalue weighted by atomic mass is 32.2. The van der Waals surface area contributed by atoms with Gasteiger partial charge in [-0.3, -0.25) is 9.59 Å². The largest absolute Gasteiger partial charge is 0.497 e. The number of carbonyl (C=O) groups excluding carboxylic acids is 2. The molecule has 0 spiro atoms. The molecule has 1 amide bonds. The second kappa shape index (κ2) is 12.5. The van der Waals surface area contributed by atoms with Gasteiger partial charge in [0, 0.05) is 38.7 Å². The highest BCUT2D eigenvalue weighted by Crippen LogP contribution is 2.43. The summed E-state index contributed by atoms with van der Waals surface area (Å²) in [6.07, 6.45) is 10.00. The molecule has 3 aliphatic heterocycles. The molecule has 4 atom stereocenters. The molecule has 194 valence electrons. The topological polar surface area (TPSA) is 74.3 Å². The number of hydrogen-bond donors (Lipinski definition) is 0. The first-order chi connectivity index (χ1) is 17.0. The number of ether oxygens (including phenoxy) is 4. The van der Waals surface area contributed by atoms with Crippen molar-refractivity contribution in [1.82, 2.24) is 4.90 Å². The van der Waals surface area contributed by atoms with Crippen molar-refractivity contribution >= 4 is 23.0 Å². The van der Waals surface area contributed by atoms with Crippen molar-refractivity contribution in [3.63, 3.8) is 0 Å².